The Kier molecular flexibility index (Phi) is 4.77. The SMILES string of the molecule is CCN(C(=O)c1ccoc1)C(Cc1ccccc1)C(=O)O. The zero-order valence-corrected chi connectivity index (χ0v) is 11.7. The van der Waals surface area contributed by atoms with Crippen molar-refractivity contribution < 1.29 is 19.1 Å². The van der Waals surface area contributed by atoms with Gasteiger partial charge in [-0.1, -0.05) is 30.3 Å². The lowest BCUT2D eigenvalue weighted by molar-refractivity contribution is -0.142. The van der Waals surface area contributed by atoms with E-state index >= 15 is 0 Å². The van der Waals surface area contributed by atoms with E-state index in [1.807, 2.05) is 30.3 Å². The Morgan fingerprint density at radius 2 is 1.95 bits per heavy atom. The zero-order valence-electron chi connectivity index (χ0n) is 11.7. The number of carbonyl (C=O) groups excluding carboxylic acids is 1. The van der Waals surface area contributed by atoms with Crippen molar-refractivity contribution in [2.75, 3.05) is 6.54 Å². The van der Waals surface area contributed by atoms with Gasteiger partial charge < -0.3 is 14.4 Å². The average molecular weight is 287 g/mol. The van der Waals surface area contributed by atoms with Gasteiger partial charge in [-0.25, -0.2) is 4.79 Å². The minimum absolute atomic E-state index is 0.271. The fourth-order valence-corrected chi connectivity index (χ4v) is 2.23. The summed E-state index contributed by atoms with van der Waals surface area (Å²) in [5.41, 5.74) is 1.24. The molecule has 1 N–H and O–H groups in total. The van der Waals surface area contributed by atoms with Crippen LogP contribution in [0.25, 0.3) is 0 Å². The Bertz CT molecular complexity index is 592. The van der Waals surface area contributed by atoms with Gasteiger partial charge in [-0.05, 0) is 18.6 Å². The predicted octanol–water partition coefficient (Wildman–Crippen LogP) is 2.44. The highest BCUT2D eigenvalue weighted by Crippen LogP contribution is 2.14. The van der Waals surface area contributed by atoms with Crippen molar-refractivity contribution in [2.24, 2.45) is 0 Å². The smallest absolute Gasteiger partial charge is 0.326 e. The summed E-state index contributed by atoms with van der Waals surface area (Å²) >= 11 is 0. The Labute approximate surface area is 122 Å². The normalized spacial score (nSPS) is 11.9. The Hall–Kier alpha value is -2.56. The monoisotopic (exact) mass is 287 g/mol. The molecule has 110 valence electrons. The minimum Gasteiger partial charge on any atom is -0.480 e. The maximum atomic E-state index is 12.4. The molecule has 1 heterocycles. The first-order valence-electron chi connectivity index (χ1n) is 6.73. The fraction of sp³-hybridized carbons (Fsp3) is 0.250. The van der Waals surface area contributed by atoms with Crippen LogP contribution in [0.3, 0.4) is 0 Å². The van der Waals surface area contributed by atoms with E-state index in [1.165, 1.54) is 23.5 Å². The molecule has 0 spiro atoms. The molecule has 1 atom stereocenters. The van der Waals surface area contributed by atoms with Crippen LogP contribution < -0.4 is 0 Å². The summed E-state index contributed by atoms with van der Waals surface area (Å²) in [5, 5.41) is 9.47. The third kappa shape index (κ3) is 3.51. The number of carbonyl (C=O) groups is 2. The fourth-order valence-electron chi connectivity index (χ4n) is 2.23. The first-order valence-corrected chi connectivity index (χ1v) is 6.73. The number of carboxylic acid groups (broad SMARTS) is 1. The van der Waals surface area contributed by atoms with Crippen molar-refractivity contribution >= 4 is 11.9 Å². The molecule has 0 radical (unpaired) electrons. The number of hydrogen-bond donors (Lipinski definition) is 1. The van der Waals surface area contributed by atoms with Crippen molar-refractivity contribution in [3.8, 4) is 0 Å². The lowest BCUT2D eigenvalue weighted by Gasteiger charge is -2.27. The van der Waals surface area contributed by atoms with Crippen LogP contribution in [0.1, 0.15) is 22.8 Å². The number of hydrogen-bond acceptors (Lipinski definition) is 3. The maximum absolute atomic E-state index is 12.4. The van der Waals surface area contributed by atoms with Crippen LogP contribution in [0.4, 0.5) is 0 Å². The molecule has 0 saturated carbocycles. The summed E-state index contributed by atoms with van der Waals surface area (Å²) in [6.07, 6.45) is 2.99. The molecule has 0 saturated heterocycles. The molecule has 1 amide bonds. The van der Waals surface area contributed by atoms with Crippen molar-refractivity contribution in [1.82, 2.24) is 4.90 Å². The van der Waals surface area contributed by atoms with Crippen LogP contribution in [0, 0.1) is 0 Å². The largest absolute Gasteiger partial charge is 0.480 e. The molecule has 0 aliphatic rings. The molecule has 0 aliphatic carbocycles. The van der Waals surface area contributed by atoms with Crippen LogP contribution >= 0.6 is 0 Å². The number of nitrogens with zero attached hydrogens (tertiary/aromatic N) is 1. The van der Waals surface area contributed by atoms with Crippen molar-refractivity contribution in [3.05, 3.63) is 60.1 Å². The summed E-state index contributed by atoms with van der Waals surface area (Å²) in [5.74, 6) is -1.35. The van der Waals surface area contributed by atoms with Crippen LogP contribution in [0.2, 0.25) is 0 Å². The summed E-state index contributed by atoms with van der Waals surface area (Å²) < 4.78 is 4.89. The molecule has 5 nitrogen and oxygen atoms in total. The van der Waals surface area contributed by atoms with Gasteiger partial charge in [0.1, 0.15) is 12.3 Å². The second-order valence-corrected chi connectivity index (χ2v) is 4.65. The van der Waals surface area contributed by atoms with Gasteiger partial charge in [0.2, 0.25) is 0 Å². The van der Waals surface area contributed by atoms with Gasteiger partial charge in [0.05, 0.1) is 11.8 Å². The number of carboxylic acids is 1. The highest BCUT2D eigenvalue weighted by Gasteiger charge is 2.29. The first kappa shape index (κ1) is 14.8. The van der Waals surface area contributed by atoms with E-state index in [2.05, 4.69) is 0 Å². The topological polar surface area (TPSA) is 70.8 Å². The number of aliphatic carboxylic acids is 1. The molecule has 1 aromatic heterocycles. The molecule has 1 aromatic carbocycles. The Balaban J connectivity index is 2.23. The number of benzene rings is 1. The second-order valence-electron chi connectivity index (χ2n) is 4.65. The van der Waals surface area contributed by atoms with Gasteiger partial charge in [-0.15, -0.1) is 0 Å². The van der Waals surface area contributed by atoms with Crippen LogP contribution in [0.15, 0.2) is 53.3 Å². The zero-order chi connectivity index (χ0) is 15.2. The number of likely N-dealkylation sites (N-methyl/N-ethyl adjacent to an activating group) is 1. The van der Waals surface area contributed by atoms with Gasteiger partial charge in [0.15, 0.2) is 0 Å². The van der Waals surface area contributed by atoms with Gasteiger partial charge in [-0.2, -0.15) is 0 Å². The number of rotatable bonds is 6. The molecular weight excluding hydrogens is 270 g/mol. The predicted molar refractivity (Wildman–Crippen MR) is 77.0 cm³/mol. The van der Waals surface area contributed by atoms with Crippen LogP contribution in [0.5, 0.6) is 0 Å². The minimum atomic E-state index is -1.02. The maximum Gasteiger partial charge on any atom is 0.326 e. The van der Waals surface area contributed by atoms with E-state index < -0.39 is 12.0 Å². The molecule has 0 fully saturated rings. The molecule has 1 unspecified atom stereocenters. The summed E-state index contributed by atoms with van der Waals surface area (Å²) in [6, 6.07) is 9.91. The number of furan rings is 1. The van der Waals surface area contributed by atoms with E-state index in [0.29, 0.717) is 12.1 Å². The molecule has 21 heavy (non-hydrogen) atoms. The highest BCUT2D eigenvalue weighted by atomic mass is 16.4. The Morgan fingerprint density at radius 3 is 2.48 bits per heavy atom. The van der Waals surface area contributed by atoms with E-state index in [-0.39, 0.29) is 12.3 Å². The molecule has 0 aliphatic heterocycles. The van der Waals surface area contributed by atoms with Crippen molar-refractivity contribution in [1.29, 1.82) is 0 Å². The van der Waals surface area contributed by atoms with E-state index in [1.54, 1.807) is 6.92 Å². The summed E-state index contributed by atoms with van der Waals surface area (Å²) in [7, 11) is 0. The third-order valence-electron chi connectivity index (χ3n) is 3.30. The summed E-state index contributed by atoms with van der Waals surface area (Å²) in [4.78, 5) is 25.3. The molecule has 2 aromatic rings. The molecule has 5 heteroatoms. The molecule has 0 bridgehead atoms. The first-order chi connectivity index (χ1) is 10.1. The van der Waals surface area contributed by atoms with E-state index in [0.717, 1.165) is 5.56 Å². The van der Waals surface area contributed by atoms with E-state index in [4.69, 9.17) is 4.42 Å². The lowest BCUT2D eigenvalue weighted by atomic mass is 10.0. The van der Waals surface area contributed by atoms with Gasteiger partial charge >= 0.3 is 5.97 Å². The van der Waals surface area contributed by atoms with Gasteiger partial charge in [-0.3, -0.25) is 4.79 Å². The van der Waals surface area contributed by atoms with Crippen molar-refractivity contribution in [3.63, 3.8) is 0 Å². The van der Waals surface area contributed by atoms with Crippen molar-refractivity contribution in [2.45, 2.75) is 19.4 Å². The second kappa shape index (κ2) is 6.74. The molecular formula is C16H17NO4. The van der Waals surface area contributed by atoms with Gasteiger partial charge in [0, 0.05) is 13.0 Å². The molecule has 2 rings (SSSR count). The van der Waals surface area contributed by atoms with Gasteiger partial charge in [0.25, 0.3) is 5.91 Å². The standard InChI is InChI=1S/C16H17NO4/c1-2-17(15(18)13-8-9-21-11-13)14(16(19)20)10-12-6-4-3-5-7-12/h3-9,11,14H,2,10H2,1H3,(H,19,20). The van der Waals surface area contributed by atoms with E-state index in [9.17, 15) is 14.7 Å². The lowest BCUT2D eigenvalue weighted by Crippen LogP contribution is -2.46. The third-order valence-corrected chi connectivity index (χ3v) is 3.30. The number of amides is 1. The summed E-state index contributed by atoms with van der Waals surface area (Å²) in [6.45, 7) is 2.08. The highest BCUT2D eigenvalue weighted by molar-refractivity contribution is 5.96. The average Bonchev–Trinajstić information content (AvgIpc) is 3.02. The Morgan fingerprint density at radius 1 is 1.24 bits per heavy atom. The quantitative estimate of drug-likeness (QED) is 0.885. The van der Waals surface area contributed by atoms with Crippen LogP contribution in [-0.4, -0.2) is 34.5 Å². The van der Waals surface area contributed by atoms with Crippen LogP contribution in [-0.2, 0) is 11.2 Å².